The van der Waals surface area contributed by atoms with E-state index in [0.29, 0.717) is 5.75 Å². The van der Waals surface area contributed by atoms with Gasteiger partial charge in [0, 0.05) is 12.4 Å². The van der Waals surface area contributed by atoms with Crippen molar-refractivity contribution < 1.29 is 13.8 Å². The Balaban J connectivity index is 2.06. The zero-order valence-electron chi connectivity index (χ0n) is 14.3. The molecule has 1 N–H and O–H groups in total. The van der Waals surface area contributed by atoms with E-state index >= 15 is 0 Å². The molecule has 0 heterocycles. The molecule has 23 heavy (non-hydrogen) atoms. The number of ether oxygens (including phenoxy) is 1. The molecular formula is C18H24NO3P. The molecule has 0 amide bonds. The average Bonchev–Trinajstić information content (AvgIpc) is 2.38. The van der Waals surface area contributed by atoms with Crippen molar-refractivity contribution in [3.05, 3.63) is 53.6 Å². The van der Waals surface area contributed by atoms with Gasteiger partial charge in [-0.2, -0.15) is 0 Å². The van der Waals surface area contributed by atoms with Crippen LogP contribution in [0.2, 0.25) is 0 Å². The third-order valence-electron chi connectivity index (χ3n) is 3.03. The average molecular weight is 333 g/mol. The Bertz CT molecular complexity index is 690. The van der Waals surface area contributed by atoms with Crippen molar-refractivity contribution in [2.75, 3.05) is 11.8 Å². The van der Waals surface area contributed by atoms with Crippen LogP contribution in [-0.4, -0.2) is 12.8 Å². The van der Waals surface area contributed by atoms with E-state index in [-0.39, 0.29) is 6.10 Å². The number of nitrogens with one attached hydrogen (secondary N) is 1. The molecule has 0 aliphatic heterocycles. The van der Waals surface area contributed by atoms with Gasteiger partial charge in [-0.05, 0) is 75.2 Å². The molecule has 0 fully saturated rings. The van der Waals surface area contributed by atoms with Crippen molar-refractivity contribution in [1.82, 2.24) is 0 Å². The third kappa shape index (κ3) is 5.65. The summed E-state index contributed by atoms with van der Waals surface area (Å²) in [6, 6.07) is 13.2. The summed E-state index contributed by atoms with van der Waals surface area (Å²) < 4.78 is 23.9. The Morgan fingerprint density at radius 3 is 2.04 bits per heavy atom. The zero-order valence-corrected chi connectivity index (χ0v) is 15.2. The van der Waals surface area contributed by atoms with Crippen molar-refractivity contribution in [3.8, 4) is 11.5 Å². The molecular weight excluding hydrogens is 309 g/mol. The summed E-state index contributed by atoms with van der Waals surface area (Å²) in [6.45, 7) is 9.50. The fourth-order valence-electron chi connectivity index (χ4n) is 2.32. The monoisotopic (exact) mass is 333 g/mol. The Labute approximate surface area is 138 Å². The Morgan fingerprint density at radius 1 is 0.957 bits per heavy atom. The van der Waals surface area contributed by atoms with E-state index in [2.05, 4.69) is 5.09 Å². The van der Waals surface area contributed by atoms with Crippen molar-refractivity contribution >= 4 is 13.2 Å². The maximum atomic E-state index is 12.7. The van der Waals surface area contributed by atoms with Crippen molar-refractivity contribution in [2.45, 2.75) is 33.8 Å². The van der Waals surface area contributed by atoms with E-state index in [1.807, 2.05) is 70.2 Å². The lowest BCUT2D eigenvalue weighted by Crippen LogP contribution is -2.06. The molecule has 2 aromatic carbocycles. The molecule has 2 aromatic rings. The molecule has 0 spiro atoms. The Hall–Kier alpha value is -1.93. The second kappa shape index (κ2) is 7.10. The molecule has 124 valence electrons. The van der Waals surface area contributed by atoms with Crippen LogP contribution in [0.15, 0.2) is 42.5 Å². The van der Waals surface area contributed by atoms with Gasteiger partial charge < -0.3 is 14.3 Å². The lowest BCUT2D eigenvalue weighted by Gasteiger charge is -2.18. The molecule has 1 unspecified atom stereocenters. The lowest BCUT2D eigenvalue weighted by atomic mass is 10.1. The van der Waals surface area contributed by atoms with Gasteiger partial charge >= 0.3 is 7.52 Å². The van der Waals surface area contributed by atoms with Crippen LogP contribution in [0.4, 0.5) is 5.69 Å². The first-order chi connectivity index (χ1) is 10.7. The second-order valence-corrected chi connectivity index (χ2v) is 8.16. The van der Waals surface area contributed by atoms with Crippen molar-refractivity contribution in [3.63, 3.8) is 0 Å². The van der Waals surface area contributed by atoms with Gasteiger partial charge in [0.15, 0.2) is 0 Å². The lowest BCUT2D eigenvalue weighted by molar-refractivity contribution is 0.242. The summed E-state index contributed by atoms with van der Waals surface area (Å²) in [7, 11) is -3.01. The standard InChI is InChI=1S/C18H24NO3P/c1-13(2)21-17-8-6-16(7-9-17)19-23(5,20)22-18-11-14(3)10-15(4)12-18/h6-13H,1-5H3,(H,19,20). The van der Waals surface area contributed by atoms with Gasteiger partial charge in [0.1, 0.15) is 11.5 Å². The zero-order chi connectivity index (χ0) is 17.0. The molecule has 0 bridgehead atoms. The summed E-state index contributed by atoms with van der Waals surface area (Å²) in [5.74, 6) is 1.40. The largest absolute Gasteiger partial charge is 0.491 e. The normalized spacial score (nSPS) is 13.5. The molecule has 0 saturated carbocycles. The van der Waals surface area contributed by atoms with Crippen molar-refractivity contribution in [2.24, 2.45) is 0 Å². The fraction of sp³-hybridized carbons (Fsp3) is 0.333. The molecule has 0 aliphatic carbocycles. The second-order valence-electron chi connectivity index (χ2n) is 6.06. The maximum Gasteiger partial charge on any atom is 0.338 e. The summed E-state index contributed by atoms with van der Waals surface area (Å²) in [5.41, 5.74) is 2.89. The first kappa shape index (κ1) is 17.4. The highest BCUT2D eigenvalue weighted by Crippen LogP contribution is 2.43. The quantitative estimate of drug-likeness (QED) is 0.719. The minimum absolute atomic E-state index is 0.124. The molecule has 1 atom stereocenters. The highest BCUT2D eigenvalue weighted by molar-refractivity contribution is 7.60. The van der Waals surface area contributed by atoms with Gasteiger partial charge in [-0.3, -0.25) is 4.57 Å². The highest BCUT2D eigenvalue weighted by atomic mass is 31.2. The fourth-order valence-corrected chi connectivity index (χ4v) is 3.50. The van der Waals surface area contributed by atoms with E-state index in [1.165, 1.54) is 0 Å². The predicted octanol–water partition coefficient (Wildman–Crippen LogP) is 5.40. The van der Waals surface area contributed by atoms with Crippen LogP contribution in [0.5, 0.6) is 11.5 Å². The maximum absolute atomic E-state index is 12.7. The molecule has 4 nitrogen and oxygen atoms in total. The van der Waals surface area contributed by atoms with E-state index in [9.17, 15) is 4.57 Å². The Morgan fingerprint density at radius 2 is 1.52 bits per heavy atom. The van der Waals surface area contributed by atoms with Crippen LogP contribution in [0.1, 0.15) is 25.0 Å². The van der Waals surface area contributed by atoms with E-state index in [1.54, 1.807) is 6.66 Å². The van der Waals surface area contributed by atoms with Crippen LogP contribution < -0.4 is 14.3 Å². The van der Waals surface area contributed by atoms with Gasteiger partial charge in [0.05, 0.1) is 6.10 Å². The van der Waals surface area contributed by atoms with Gasteiger partial charge in [-0.25, -0.2) is 0 Å². The topological polar surface area (TPSA) is 47.6 Å². The van der Waals surface area contributed by atoms with Crippen LogP contribution in [0.25, 0.3) is 0 Å². The summed E-state index contributed by atoms with van der Waals surface area (Å²) in [6.07, 6.45) is 0.124. The molecule has 2 rings (SSSR count). The number of aryl methyl sites for hydroxylation is 2. The SMILES string of the molecule is Cc1cc(C)cc(OP(C)(=O)Nc2ccc(OC(C)C)cc2)c1. The van der Waals surface area contributed by atoms with Crippen LogP contribution >= 0.6 is 7.52 Å². The van der Waals surface area contributed by atoms with Gasteiger partial charge in [-0.1, -0.05) is 6.07 Å². The van der Waals surface area contributed by atoms with Gasteiger partial charge in [-0.15, -0.1) is 0 Å². The predicted molar refractivity (Wildman–Crippen MR) is 95.9 cm³/mol. The molecule has 5 heteroatoms. The van der Waals surface area contributed by atoms with E-state index in [4.69, 9.17) is 9.26 Å². The minimum atomic E-state index is -3.01. The van der Waals surface area contributed by atoms with Crippen LogP contribution in [-0.2, 0) is 4.57 Å². The molecule has 0 aromatic heterocycles. The van der Waals surface area contributed by atoms with Crippen molar-refractivity contribution in [1.29, 1.82) is 0 Å². The van der Waals surface area contributed by atoms with Crippen LogP contribution in [0.3, 0.4) is 0 Å². The number of hydrogen-bond donors (Lipinski definition) is 1. The smallest absolute Gasteiger partial charge is 0.338 e. The summed E-state index contributed by atoms with van der Waals surface area (Å²) in [5, 5.41) is 2.96. The molecule has 0 saturated heterocycles. The number of anilines is 1. The van der Waals surface area contributed by atoms with Gasteiger partial charge in [0.2, 0.25) is 0 Å². The Kier molecular flexibility index (Phi) is 5.38. The number of benzene rings is 2. The number of hydrogen-bond acceptors (Lipinski definition) is 3. The molecule has 0 aliphatic rings. The third-order valence-corrected chi connectivity index (χ3v) is 4.26. The first-order valence-corrected chi connectivity index (χ1v) is 9.71. The summed E-state index contributed by atoms with van der Waals surface area (Å²) in [4.78, 5) is 0. The van der Waals surface area contributed by atoms with Gasteiger partial charge in [0.25, 0.3) is 0 Å². The minimum Gasteiger partial charge on any atom is -0.491 e. The first-order valence-electron chi connectivity index (χ1n) is 7.64. The summed E-state index contributed by atoms with van der Waals surface area (Å²) >= 11 is 0. The van der Waals surface area contributed by atoms with E-state index < -0.39 is 7.52 Å². The number of rotatable bonds is 6. The highest BCUT2D eigenvalue weighted by Gasteiger charge is 2.17. The molecule has 0 radical (unpaired) electrons. The van der Waals surface area contributed by atoms with E-state index in [0.717, 1.165) is 22.6 Å². The van der Waals surface area contributed by atoms with Crippen LogP contribution in [0, 0.1) is 13.8 Å².